The second kappa shape index (κ2) is 21.7. The third kappa shape index (κ3) is 15.2. The molecule has 3 aromatic carbocycles. The van der Waals surface area contributed by atoms with Gasteiger partial charge in [0.1, 0.15) is 23.0 Å². The Morgan fingerprint density at radius 2 is 0.980 bits per heavy atom. The van der Waals surface area contributed by atoms with Crippen LogP contribution in [0, 0.1) is 0 Å². The largest absolute Gasteiger partial charge is 0.494 e. The molecule has 0 spiro atoms. The normalized spacial score (nSPS) is 10.7. The van der Waals surface area contributed by atoms with Crippen LogP contribution in [0.15, 0.2) is 104 Å². The Bertz CT molecular complexity index is 1720. The van der Waals surface area contributed by atoms with E-state index in [1.807, 2.05) is 0 Å². The van der Waals surface area contributed by atoms with Gasteiger partial charge in [-0.1, -0.05) is 37.4 Å². The van der Waals surface area contributed by atoms with Crippen LogP contribution in [0.5, 0.6) is 23.0 Å². The van der Waals surface area contributed by atoms with Crippen LogP contribution in [0.4, 0.5) is 0 Å². The van der Waals surface area contributed by atoms with Crippen LogP contribution < -0.4 is 18.9 Å². The zero-order chi connectivity index (χ0) is 36.8. The van der Waals surface area contributed by atoms with Crippen molar-refractivity contribution < 1.29 is 52.4 Å². The van der Waals surface area contributed by atoms with Crippen LogP contribution in [0.3, 0.4) is 0 Å². The second-order valence-electron chi connectivity index (χ2n) is 10.7. The molecule has 0 saturated carbocycles. The average molecular weight is 697 g/mol. The lowest BCUT2D eigenvalue weighted by atomic mass is 10.1. The first-order valence-corrected chi connectivity index (χ1v) is 16.2. The van der Waals surface area contributed by atoms with Crippen molar-refractivity contribution >= 4 is 41.8 Å². The van der Waals surface area contributed by atoms with Gasteiger partial charge in [0, 0.05) is 24.3 Å². The SMILES string of the molecule is C=CC(=O)OCCCCOc1ccc(C=CC(=O)Oc2ccc(OC(=O)C=Cc3ccc(OCCCCOC(=O)C=C)cc3)c(C(C)=O)c2)cc1. The van der Waals surface area contributed by atoms with Crippen LogP contribution in [0.1, 0.15) is 54.1 Å². The Labute approximate surface area is 296 Å². The molecule has 3 aromatic rings. The van der Waals surface area contributed by atoms with Crippen molar-refractivity contribution in [2.45, 2.75) is 32.6 Å². The van der Waals surface area contributed by atoms with E-state index in [9.17, 15) is 24.0 Å². The van der Waals surface area contributed by atoms with Crippen molar-refractivity contribution in [1.29, 1.82) is 0 Å². The summed E-state index contributed by atoms with van der Waals surface area (Å²) in [7, 11) is 0. The van der Waals surface area contributed by atoms with Crippen LogP contribution in [0.25, 0.3) is 12.2 Å². The maximum absolute atomic E-state index is 12.5. The van der Waals surface area contributed by atoms with E-state index in [2.05, 4.69) is 13.2 Å². The molecule has 0 saturated heterocycles. The summed E-state index contributed by atoms with van der Waals surface area (Å²) in [6.45, 7) is 9.51. The number of esters is 4. The standard InChI is InChI=1S/C40H40O11/c1-4-37(42)48-26-8-6-24-46-32-16-10-30(11-17-32)14-22-39(44)50-34-20-21-36(35(28-34)29(3)41)51-40(45)23-15-31-12-18-33(19-13-31)47-25-7-9-27-49-38(43)5-2/h4-5,10-23,28H,1-2,6-9,24-27H2,3H3. The number of ether oxygens (including phenoxy) is 6. The first kappa shape index (κ1) is 39.2. The lowest BCUT2D eigenvalue weighted by molar-refractivity contribution is -0.138. The van der Waals surface area contributed by atoms with Gasteiger partial charge in [-0.25, -0.2) is 19.2 Å². The van der Waals surface area contributed by atoms with Gasteiger partial charge in [0.2, 0.25) is 0 Å². The summed E-state index contributed by atoms with van der Waals surface area (Å²) >= 11 is 0. The predicted octanol–water partition coefficient (Wildman–Crippen LogP) is 6.90. The number of carbonyl (C=O) groups is 5. The van der Waals surface area contributed by atoms with E-state index in [4.69, 9.17) is 28.4 Å². The predicted molar refractivity (Wildman–Crippen MR) is 190 cm³/mol. The Morgan fingerprint density at radius 1 is 0.549 bits per heavy atom. The Morgan fingerprint density at radius 3 is 1.43 bits per heavy atom. The first-order chi connectivity index (χ1) is 24.7. The number of unbranched alkanes of at least 4 members (excludes halogenated alkanes) is 2. The van der Waals surface area contributed by atoms with Gasteiger partial charge in [0.15, 0.2) is 5.78 Å². The van der Waals surface area contributed by atoms with Crippen LogP contribution in [-0.4, -0.2) is 56.1 Å². The number of hydrogen-bond acceptors (Lipinski definition) is 11. The number of benzene rings is 3. The molecule has 0 aromatic heterocycles. The molecule has 0 amide bonds. The highest BCUT2D eigenvalue weighted by atomic mass is 16.5. The third-order valence-corrected chi connectivity index (χ3v) is 6.78. The molecule has 11 nitrogen and oxygen atoms in total. The summed E-state index contributed by atoms with van der Waals surface area (Å²) in [5.74, 6) is -1.23. The van der Waals surface area contributed by atoms with Gasteiger partial charge < -0.3 is 28.4 Å². The van der Waals surface area contributed by atoms with Gasteiger partial charge in [-0.05, 0) is 98.4 Å². The van der Waals surface area contributed by atoms with Gasteiger partial charge in [-0.2, -0.15) is 0 Å². The molecule has 266 valence electrons. The summed E-state index contributed by atoms with van der Waals surface area (Å²) in [4.78, 5) is 59.4. The number of rotatable bonds is 21. The number of carbonyl (C=O) groups excluding carboxylic acids is 5. The summed E-state index contributed by atoms with van der Waals surface area (Å²) in [5.41, 5.74) is 1.52. The van der Waals surface area contributed by atoms with Crippen molar-refractivity contribution in [3.8, 4) is 23.0 Å². The summed E-state index contributed by atoms with van der Waals surface area (Å²) in [6.07, 6.45) is 10.6. The highest BCUT2D eigenvalue weighted by Gasteiger charge is 2.14. The van der Waals surface area contributed by atoms with Crippen LogP contribution in [0.2, 0.25) is 0 Å². The highest BCUT2D eigenvalue weighted by molar-refractivity contribution is 5.99. The van der Waals surface area contributed by atoms with Crippen molar-refractivity contribution in [1.82, 2.24) is 0 Å². The van der Waals surface area contributed by atoms with Crippen molar-refractivity contribution in [2.75, 3.05) is 26.4 Å². The van der Waals surface area contributed by atoms with Gasteiger partial charge in [0.05, 0.1) is 32.0 Å². The third-order valence-electron chi connectivity index (χ3n) is 6.78. The lowest BCUT2D eigenvalue weighted by Crippen LogP contribution is -2.09. The fourth-order valence-corrected chi connectivity index (χ4v) is 4.16. The van der Waals surface area contributed by atoms with E-state index in [-0.39, 0.29) is 22.8 Å². The van der Waals surface area contributed by atoms with Crippen LogP contribution >= 0.6 is 0 Å². The minimum Gasteiger partial charge on any atom is -0.494 e. The van der Waals surface area contributed by atoms with E-state index in [1.54, 1.807) is 60.7 Å². The van der Waals surface area contributed by atoms with E-state index in [1.165, 1.54) is 37.3 Å². The average Bonchev–Trinajstić information content (AvgIpc) is 3.13. The molecular formula is C40H40O11. The molecule has 0 N–H and O–H groups in total. The van der Waals surface area contributed by atoms with Crippen molar-refractivity contribution in [3.05, 3.63) is 121 Å². The quantitative estimate of drug-likeness (QED) is 0.0377. The molecule has 0 radical (unpaired) electrons. The lowest BCUT2D eigenvalue weighted by Gasteiger charge is -2.09. The summed E-state index contributed by atoms with van der Waals surface area (Å²) < 4.78 is 31.9. The fourth-order valence-electron chi connectivity index (χ4n) is 4.16. The Kier molecular flexibility index (Phi) is 16.7. The summed E-state index contributed by atoms with van der Waals surface area (Å²) in [5, 5.41) is 0. The minimum absolute atomic E-state index is 0.0222. The monoisotopic (exact) mass is 696 g/mol. The molecular weight excluding hydrogens is 656 g/mol. The van der Waals surface area contributed by atoms with Gasteiger partial charge >= 0.3 is 23.9 Å². The molecule has 0 fully saturated rings. The van der Waals surface area contributed by atoms with E-state index in [0.29, 0.717) is 63.6 Å². The molecule has 0 aliphatic carbocycles. The van der Waals surface area contributed by atoms with E-state index >= 15 is 0 Å². The van der Waals surface area contributed by atoms with Crippen molar-refractivity contribution in [3.63, 3.8) is 0 Å². The number of hydrogen-bond donors (Lipinski definition) is 0. The molecule has 0 heterocycles. The zero-order valence-electron chi connectivity index (χ0n) is 28.4. The van der Waals surface area contributed by atoms with Gasteiger partial charge in [-0.15, -0.1) is 0 Å². The first-order valence-electron chi connectivity index (χ1n) is 16.2. The zero-order valence-corrected chi connectivity index (χ0v) is 28.4. The molecule has 0 unspecified atom stereocenters. The Balaban J connectivity index is 1.44. The second-order valence-corrected chi connectivity index (χ2v) is 10.7. The smallest absolute Gasteiger partial charge is 0.336 e. The van der Waals surface area contributed by atoms with Gasteiger partial charge in [0.25, 0.3) is 0 Å². The van der Waals surface area contributed by atoms with Crippen molar-refractivity contribution in [2.24, 2.45) is 0 Å². The number of ketones is 1. The highest BCUT2D eigenvalue weighted by Crippen LogP contribution is 2.26. The maximum Gasteiger partial charge on any atom is 0.336 e. The Hall–Kier alpha value is -6.23. The van der Waals surface area contributed by atoms with Crippen LogP contribution in [-0.2, 0) is 28.7 Å². The topological polar surface area (TPSA) is 141 Å². The van der Waals surface area contributed by atoms with E-state index < -0.39 is 23.9 Å². The molecule has 0 aliphatic heterocycles. The number of Topliss-reactive ketones (excluding diaryl/α,β-unsaturated/α-hetero) is 1. The summed E-state index contributed by atoms with van der Waals surface area (Å²) in [6, 6.07) is 18.3. The van der Waals surface area contributed by atoms with E-state index in [0.717, 1.165) is 23.3 Å². The molecule has 11 heteroatoms. The molecule has 0 aliphatic rings. The maximum atomic E-state index is 12.5. The molecule has 0 atom stereocenters. The molecule has 3 rings (SSSR count). The minimum atomic E-state index is -0.703. The van der Waals surface area contributed by atoms with Gasteiger partial charge in [-0.3, -0.25) is 4.79 Å². The fraction of sp³-hybridized carbons (Fsp3) is 0.225. The molecule has 0 bridgehead atoms. The molecule has 51 heavy (non-hydrogen) atoms.